The van der Waals surface area contributed by atoms with Gasteiger partial charge in [-0.2, -0.15) is 13.2 Å². The Morgan fingerprint density at radius 1 is 1.44 bits per heavy atom. The summed E-state index contributed by atoms with van der Waals surface area (Å²) in [5, 5.41) is -0.0960. The number of thioether (sulfide) groups is 1. The van der Waals surface area contributed by atoms with Gasteiger partial charge in [0, 0.05) is 18.2 Å². The lowest BCUT2D eigenvalue weighted by molar-refractivity contribution is -0.137. The smallest absolute Gasteiger partial charge is 0.398 e. The number of carbonyl (C=O) groups is 1. The van der Waals surface area contributed by atoms with Gasteiger partial charge < -0.3 is 5.73 Å². The first kappa shape index (κ1) is 14.5. The van der Waals surface area contributed by atoms with Crippen LogP contribution in [0.3, 0.4) is 0 Å². The molecule has 1 aromatic carbocycles. The van der Waals surface area contributed by atoms with Crippen LogP contribution in [-0.4, -0.2) is 10.9 Å². The lowest BCUT2D eigenvalue weighted by Crippen LogP contribution is -2.06. The van der Waals surface area contributed by atoms with Crippen LogP contribution < -0.4 is 5.73 Å². The number of anilines is 1. The molecule has 0 heterocycles. The summed E-state index contributed by atoms with van der Waals surface area (Å²) in [5.74, 6) is 5.36. The van der Waals surface area contributed by atoms with Gasteiger partial charge in [0.2, 0.25) is 0 Å². The Morgan fingerprint density at radius 3 is 2.67 bits per heavy atom. The number of halogens is 3. The third-order valence-corrected chi connectivity index (χ3v) is 2.65. The van der Waals surface area contributed by atoms with E-state index in [1.165, 1.54) is 13.0 Å². The standard InChI is InChI=1S/C12H10F3NOS/c1-8(17)18-6-2-3-9-7-10(12(13,14)15)4-5-11(9)16/h4-5,7H,6,16H2,1H3. The molecular weight excluding hydrogens is 263 g/mol. The minimum Gasteiger partial charge on any atom is -0.398 e. The van der Waals surface area contributed by atoms with Gasteiger partial charge in [-0.3, -0.25) is 4.79 Å². The van der Waals surface area contributed by atoms with Gasteiger partial charge >= 0.3 is 6.18 Å². The number of rotatable bonds is 1. The minimum absolute atomic E-state index is 0.0960. The van der Waals surface area contributed by atoms with Crippen LogP contribution in [-0.2, 0) is 11.0 Å². The number of benzene rings is 1. The first-order valence-electron chi connectivity index (χ1n) is 4.89. The monoisotopic (exact) mass is 273 g/mol. The molecule has 0 saturated carbocycles. The lowest BCUT2D eigenvalue weighted by Gasteiger charge is -2.07. The number of alkyl halides is 3. The molecule has 0 bridgehead atoms. The molecule has 0 amide bonds. The van der Waals surface area contributed by atoms with Crippen LogP contribution in [0.25, 0.3) is 0 Å². The van der Waals surface area contributed by atoms with Crippen molar-refractivity contribution in [3.8, 4) is 11.8 Å². The first-order valence-corrected chi connectivity index (χ1v) is 5.88. The summed E-state index contributed by atoms with van der Waals surface area (Å²) >= 11 is 0.991. The molecule has 0 aromatic heterocycles. The van der Waals surface area contributed by atoms with Crippen molar-refractivity contribution in [3.63, 3.8) is 0 Å². The topological polar surface area (TPSA) is 43.1 Å². The molecule has 2 nitrogen and oxygen atoms in total. The number of hydrogen-bond donors (Lipinski definition) is 1. The Morgan fingerprint density at radius 2 is 2.11 bits per heavy atom. The largest absolute Gasteiger partial charge is 0.416 e. The van der Waals surface area contributed by atoms with Crippen molar-refractivity contribution in [2.24, 2.45) is 0 Å². The van der Waals surface area contributed by atoms with E-state index in [0.717, 1.165) is 23.9 Å². The van der Waals surface area contributed by atoms with Crippen LogP contribution >= 0.6 is 11.8 Å². The number of carbonyl (C=O) groups excluding carboxylic acids is 1. The maximum Gasteiger partial charge on any atom is 0.416 e. The van der Waals surface area contributed by atoms with E-state index in [9.17, 15) is 18.0 Å². The van der Waals surface area contributed by atoms with Gasteiger partial charge in [0.25, 0.3) is 0 Å². The van der Waals surface area contributed by atoms with Crippen LogP contribution in [0.1, 0.15) is 18.1 Å². The number of nitrogen functional groups attached to an aromatic ring is 1. The van der Waals surface area contributed by atoms with Gasteiger partial charge in [-0.15, -0.1) is 0 Å². The molecular formula is C12H10F3NOS. The van der Waals surface area contributed by atoms with E-state index in [4.69, 9.17) is 5.73 Å². The van der Waals surface area contributed by atoms with Gasteiger partial charge in [0.15, 0.2) is 5.12 Å². The third kappa shape index (κ3) is 4.34. The fourth-order valence-electron chi connectivity index (χ4n) is 1.11. The SMILES string of the molecule is CC(=O)SCC#Cc1cc(C(F)(F)F)ccc1N. The van der Waals surface area contributed by atoms with E-state index in [2.05, 4.69) is 11.8 Å². The van der Waals surface area contributed by atoms with E-state index in [0.29, 0.717) is 0 Å². The highest BCUT2D eigenvalue weighted by Gasteiger charge is 2.30. The Hall–Kier alpha value is -1.61. The fraction of sp³-hybridized carbons (Fsp3) is 0.250. The number of hydrogen-bond acceptors (Lipinski definition) is 3. The molecule has 1 rings (SSSR count). The van der Waals surface area contributed by atoms with Crippen LogP contribution in [0.5, 0.6) is 0 Å². The maximum absolute atomic E-state index is 12.5. The molecule has 0 saturated heterocycles. The summed E-state index contributed by atoms with van der Waals surface area (Å²) in [7, 11) is 0. The highest BCUT2D eigenvalue weighted by molar-refractivity contribution is 8.13. The van der Waals surface area contributed by atoms with Crippen LogP contribution in [0, 0.1) is 11.8 Å². The van der Waals surface area contributed by atoms with Crippen LogP contribution in [0.15, 0.2) is 18.2 Å². The highest BCUT2D eigenvalue weighted by atomic mass is 32.2. The number of nitrogens with two attached hydrogens (primary N) is 1. The zero-order valence-corrected chi connectivity index (χ0v) is 10.3. The maximum atomic E-state index is 12.5. The summed E-state index contributed by atoms with van der Waals surface area (Å²) in [4.78, 5) is 10.6. The van der Waals surface area contributed by atoms with E-state index in [-0.39, 0.29) is 22.1 Å². The van der Waals surface area contributed by atoms with Crippen molar-refractivity contribution in [2.45, 2.75) is 13.1 Å². The second-order valence-corrected chi connectivity index (χ2v) is 4.53. The minimum atomic E-state index is -4.42. The summed E-state index contributed by atoms with van der Waals surface area (Å²) in [6, 6.07) is 2.98. The second-order valence-electron chi connectivity index (χ2n) is 3.38. The Labute approximate surface area is 107 Å². The first-order chi connectivity index (χ1) is 8.30. The lowest BCUT2D eigenvalue weighted by atomic mass is 10.1. The van der Waals surface area contributed by atoms with Gasteiger partial charge in [-0.1, -0.05) is 23.6 Å². The third-order valence-electron chi connectivity index (χ3n) is 1.95. The molecule has 1 aromatic rings. The molecule has 0 radical (unpaired) electrons. The molecule has 0 atom stereocenters. The van der Waals surface area contributed by atoms with Crippen molar-refractivity contribution in [2.75, 3.05) is 11.5 Å². The normalized spacial score (nSPS) is 10.7. The molecule has 0 unspecified atom stereocenters. The van der Waals surface area contributed by atoms with Gasteiger partial charge in [0.05, 0.1) is 11.3 Å². The molecule has 0 aliphatic heterocycles. The molecule has 6 heteroatoms. The molecule has 0 fully saturated rings. The highest BCUT2D eigenvalue weighted by Crippen LogP contribution is 2.30. The molecule has 96 valence electrons. The van der Waals surface area contributed by atoms with E-state index < -0.39 is 11.7 Å². The van der Waals surface area contributed by atoms with Crippen LogP contribution in [0.4, 0.5) is 18.9 Å². The summed E-state index contributed by atoms with van der Waals surface area (Å²) < 4.78 is 37.4. The van der Waals surface area contributed by atoms with E-state index >= 15 is 0 Å². The van der Waals surface area contributed by atoms with Crippen LogP contribution in [0.2, 0.25) is 0 Å². The average Bonchev–Trinajstić information content (AvgIpc) is 2.24. The molecule has 0 aliphatic rings. The Bertz CT molecular complexity index is 514. The molecule has 0 spiro atoms. The van der Waals surface area contributed by atoms with Crippen molar-refractivity contribution >= 4 is 22.6 Å². The van der Waals surface area contributed by atoms with Crippen molar-refractivity contribution in [1.82, 2.24) is 0 Å². The fourth-order valence-corrected chi connectivity index (χ4v) is 1.46. The van der Waals surface area contributed by atoms with Gasteiger partial charge in [-0.25, -0.2) is 0 Å². The zero-order chi connectivity index (χ0) is 13.8. The second kappa shape index (κ2) is 5.83. The predicted molar refractivity (Wildman–Crippen MR) is 65.9 cm³/mol. The van der Waals surface area contributed by atoms with Crippen molar-refractivity contribution in [3.05, 3.63) is 29.3 Å². The van der Waals surface area contributed by atoms with E-state index in [1.807, 2.05) is 0 Å². The Kier molecular flexibility index (Phi) is 4.68. The summed E-state index contributed by atoms with van der Waals surface area (Å²) in [6.45, 7) is 1.39. The summed E-state index contributed by atoms with van der Waals surface area (Å²) in [5.41, 5.74) is 5.04. The zero-order valence-electron chi connectivity index (χ0n) is 9.47. The molecule has 18 heavy (non-hydrogen) atoms. The molecule has 2 N–H and O–H groups in total. The van der Waals surface area contributed by atoms with Crippen molar-refractivity contribution in [1.29, 1.82) is 0 Å². The average molecular weight is 273 g/mol. The van der Waals surface area contributed by atoms with Gasteiger partial charge in [0.1, 0.15) is 0 Å². The quantitative estimate of drug-likeness (QED) is 0.632. The Balaban J connectivity index is 2.91. The van der Waals surface area contributed by atoms with Gasteiger partial charge in [-0.05, 0) is 18.2 Å². The van der Waals surface area contributed by atoms with E-state index in [1.54, 1.807) is 0 Å². The van der Waals surface area contributed by atoms with Crippen molar-refractivity contribution < 1.29 is 18.0 Å². The predicted octanol–water partition coefficient (Wildman–Crippen LogP) is 2.92. The molecule has 0 aliphatic carbocycles. The summed E-state index contributed by atoms with van der Waals surface area (Å²) in [6.07, 6.45) is -4.42.